The molecule has 0 saturated heterocycles. The van der Waals surface area contributed by atoms with Crippen molar-refractivity contribution in [2.75, 3.05) is 5.33 Å². The fraction of sp³-hybridized carbons (Fsp3) is 0.750. The van der Waals surface area contributed by atoms with E-state index in [0.29, 0.717) is 5.92 Å². The molecule has 1 aromatic rings. The molecule has 0 aliphatic heterocycles. The Morgan fingerprint density at radius 1 is 1.38 bits per heavy atom. The van der Waals surface area contributed by atoms with E-state index in [9.17, 15) is 0 Å². The number of halogens is 2. The SMILES string of the molecule is CCc1nn(CC)c(CC(CC)CBr)c1Cl. The number of rotatable bonds is 6. The fourth-order valence-corrected chi connectivity index (χ4v) is 2.83. The first-order chi connectivity index (χ1) is 7.67. The van der Waals surface area contributed by atoms with E-state index in [1.54, 1.807) is 0 Å². The third-order valence-electron chi connectivity index (χ3n) is 2.97. The molecule has 0 radical (unpaired) electrons. The summed E-state index contributed by atoms with van der Waals surface area (Å²) in [5.41, 5.74) is 2.23. The van der Waals surface area contributed by atoms with E-state index in [2.05, 4.69) is 41.8 Å². The highest BCUT2D eigenvalue weighted by Crippen LogP contribution is 2.25. The molecule has 0 saturated carbocycles. The Morgan fingerprint density at radius 2 is 2.06 bits per heavy atom. The second-order valence-electron chi connectivity index (χ2n) is 4.01. The Bertz CT molecular complexity index is 332. The maximum atomic E-state index is 6.37. The zero-order valence-electron chi connectivity index (χ0n) is 10.3. The van der Waals surface area contributed by atoms with Crippen molar-refractivity contribution in [1.29, 1.82) is 0 Å². The van der Waals surface area contributed by atoms with Crippen LogP contribution in [-0.4, -0.2) is 15.1 Å². The highest BCUT2D eigenvalue weighted by atomic mass is 79.9. The van der Waals surface area contributed by atoms with Crippen molar-refractivity contribution in [3.8, 4) is 0 Å². The van der Waals surface area contributed by atoms with Gasteiger partial charge in [0, 0.05) is 11.9 Å². The minimum Gasteiger partial charge on any atom is -0.268 e. The lowest BCUT2D eigenvalue weighted by atomic mass is 10.0. The van der Waals surface area contributed by atoms with E-state index >= 15 is 0 Å². The molecule has 1 atom stereocenters. The average Bonchev–Trinajstić information content (AvgIpc) is 2.62. The van der Waals surface area contributed by atoms with Gasteiger partial charge in [-0.3, -0.25) is 4.68 Å². The van der Waals surface area contributed by atoms with Gasteiger partial charge in [-0.05, 0) is 25.7 Å². The standard InChI is InChI=1S/C12H20BrClN2/c1-4-9(8-13)7-11-12(14)10(5-2)15-16(11)6-3/h9H,4-8H2,1-3H3. The van der Waals surface area contributed by atoms with Crippen molar-refractivity contribution in [2.45, 2.75) is 46.6 Å². The Morgan fingerprint density at radius 3 is 2.50 bits per heavy atom. The normalized spacial score (nSPS) is 13.1. The van der Waals surface area contributed by atoms with Crippen molar-refractivity contribution in [3.63, 3.8) is 0 Å². The van der Waals surface area contributed by atoms with Crippen LogP contribution in [0.4, 0.5) is 0 Å². The predicted molar refractivity (Wildman–Crippen MR) is 73.6 cm³/mol. The topological polar surface area (TPSA) is 17.8 Å². The quantitative estimate of drug-likeness (QED) is 0.724. The van der Waals surface area contributed by atoms with Gasteiger partial charge in [0.1, 0.15) is 0 Å². The number of nitrogens with zero attached hydrogens (tertiary/aromatic N) is 2. The van der Waals surface area contributed by atoms with Gasteiger partial charge < -0.3 is 0 Å². The monoisotopic (exact) mass is 306 g/mol. The van der Waals surface area contributed by atoms with Crippen LogP contribution in [0.2, 0.25) is 5.02 Å². The zero-order valence-corrected chi connectivity index (χ0v) is 12.6. The molecule has 0 aliphatic rings. The van der Waals surface area contributed by atoms with Gasteiger partial charge in [0.15, 0.2) is 0 Å². The summed E-state index contributed by atoms with van der Waals surface area (Å²) in [4.78, 5) is 0. The first-order valence-electron chi connectivity index (χ1n) is 5.97. The Balaban J connectivity index is 2.96. The van der Waals surface area contributed by atoms with Gasteiger partial charge >= 0.3 is 0 Å². The first-order valence-corrected chi connectivity index (χ1v) is 7.47. The zero-order chi connectivity index (χ0) is 12.1. The molecule has 0 aliphatic carbocycles. The fourth-order valence-electron chi connectivity index (χ4n) is 1.79. The van der Waals surface area contributed by atoms with Gasteiger partial charge in [0.25, 0.3) is 0 Å². The third kappa shape index (κ3) is 3.01. The molecule has 0 bridgehead atoms. The maximum Gasteiger partial charge on any atom is 0.0849 e. The van der Waals surface area contributed by atoms with Crippen LogP contribution in [0.1, 0.15) is 38.6 Å². The van der Waals surface area contributed by atoms with Crippen LogP contribution in [0.5, 0.6) is 0 Å². The van der Waals surface area contributed by atoms with E-state index in [-0.39, 0.29) is 0 Å². The van der Waals surface area contributed by atoms with Crippen molar-refractivity contribution < 1.29 is 0 Å². The van der Waals surface area contributed by atoms with E-state index in [0.717, 1.165) is 41.9 Å². The number of hydrogen-bond donors (Lipinski definition) is 0. The third-order valence-corrected chi connectivity index (χ3v) is 4.32. The molecule has 92 valence electrons. The summed E-state index contributed by atoms with van der Waals surface area (Å²) in [5, 5.41) is 6.44. The maximum absolute atomic E-state index is 6.37. The van der Waals surface area contributed by atoms with Crippen LogP contribution in [0.15, 0.2) is 0 Å². The van der Waals surface area contributed by atoms with Crippen molar-refractivity contribution >= 4 is 27.5 Å². The molecule has 1 aromatic heterocycles. The van der Waals surface area contributed by atoms with Crippen LogP contribution < -0.4 is 0 Å². The molecular weight excluding hydrogens is 288 g/mol. The van der Waals surface area contributed by atoms with Crippen LogP contribution in [0.25, 0.3) is 0 Å². The number of aromatic nitrogens is 2. The van der Waals surface area contributed by atoms with Crippen LogP contribution in [0.3, 0.4) is 0 Å². The van der Waals surface area contributed by atoms with E-state index in [1.807, 2.05) is 4.68 Å². The molecule has 0 N–H and O–H groups in total. The smallest absolute Gasteiger partial charge is 0.0849 e. The Kier molecular flexibility index (Phi) is 5.84. The highest BCUT2D eigenvalue weighted by molar-refractivity contribution is 9.09. The molecule has 0 aromatic carbocycles. The van der Waals surface area contributed by atoms with Crippen LogP contribution >= 0.6 is 27.5 Å². The summed E-state index contributed by atoms with van der Waals surface area (Å²) in [6, 6.07) is 0. The molecule has 0 spiro atoms. The van der Waals surface area contributed by atoms with Crippen molar-refractivity contribution in [2.24, 2.45) is 5.92 Å². The van der Waals surface area contributed by atoms with E-state index in [4.69, 9.17) is 11.6 Å². The lowest BCUT2D eigenvalue weighted by Gasteiger charge is -2.12. The van der Waals surface area contributed by atoms with Gasteiger partial charge in [0.2, 0.25) is 0 Å². The summed E-state index contributed by atoms with van der Waals surface area (Å²) in [6.45, 7) is 7.32. The van der Waals surface area contributed by atoms with Crippen LogP contribution in [-0.2, 0) is 19.4 Å². The first kappa shape index (κ1) is 14.0. The van der Waals surface area contributed by atoms with E-state index < -0.39 is 0 Å². The van der Waals surface area contributed by atoms with Crippen LogP contribution in [0, 0.1) is 5.92 Å². The molecule has 16 heavy (non-hydrogen) atoms. The lowest BCUT2D eigenvalue weighted by molar-refractivity contribution is 0.525. The van der Waals surface area contributed by atoms with Gasteiger partial charge in [-0.1, -0.05) is 47.8 Å². The molecular formula is C12H20BrClN2. The molecule has 2 nitrogen and oxygen atoms in total. The molecule has 1 heterocycles. The lowest BCUT2D eigenvalue weighted by Crippen LogP contribution is -2.10. The van der Waals surface area contributed by atoms with Gasteiger partial charge in [-0.2, -0.15) is 5.10 Å². The predicted octanol–water partition coefficient (Wildman–Crippen LogP) is 4.08. The molecule has 4 heteroatoms. The van der Waals surface area contributed by atoms with E-state index in [1.165, 1.54) is 5.69 Å². The Hall–Kier alpha value is -0.0200. The largest absolute Gasteiger partial charge is 0.268 e. The summed E-state index contributed by atoms with van der Waals surface area (Å²) < 4.78 is 2.05. The van der Waals surface area contributed by atoms with Gasteiger partial charge in [0.05, 0.1) is 16.4 Å². The summed E-state index contributed by atoms with van der Waals surface area (Å²) in [5.74, 6) is 0.643. The minimum absolute atomic E-state index is 0.643. The average molecular weight is 308 g/mol. The highest BCUT2D eigenvalue weighted by Gasteiger charge is 2.17. The van der Waals surface area contributed by atoms with Crippen molar-refractivity contribution in [3.05, 3.63) is 16.4 Å². The molecule has 0 fully saturated rings. The van der Waals surface area contributed by atoms with Crippen molar-refractivity contribution in [1.82, 2.24) is 9.78 Å². The van der Waals surface area contributed by atoms with Gasteiger partial charge in [-0.25, -0.2) is 0 Å². The second-order valence-corrected chi connectivity index (χ2v) is 5.03. The summed E-state index contributed by atoms with van der Waals surface area (Å²) >= 11 is 9.92. The second kappa shape index (κ2) is 6.65. The molecule has 1 rings (SSSR count). The molecule has 1 unspecified atom stereocenters. The van der Waals surface area contributed by atoms with Gasteiger partial charge in [-0.15, -0.1) is 0 Å². The summed E-state index contributed by atoms with van der Waals surface area (Å²) in [6.07, 6.45) is 3.09. The number of aryl methyl sites for hydroxylation is 2. The summed E-state index contributed by atoms with van der Waals surface area (Å²) in [7, 11) is 0. The molecule has 0 amide bonds. The Labute approximate surface area is 111 Å². The number of hydrogen-bond acceptors (Lipinski definition) is 1. The number of alkyl halides is 1. The minimum atomic E-state index is 0.643.